The van der Waals surface area contributed by atoms with Crippen molar-refractivity contribution in [1.29, 1.82) is 0 Å². The maximum Gasteiger partial charge on any atom is 0.295 e. The van der Waals surface area contributed by atoms with Gasteiger partial charge in [0.15, 0.2) is 74.7 Å². The normalized spacial score (nSPS) is 39.7. The minimum Gasteiger partial charge on any atom is -0.435 e. The van der Waals surface area contributed by atoms with E-state index in [2.05, 4.69) is 26.6 Å². The van der Waals surface area contributed by atoms with Crippen molar-refractivity contribution in [2.45, 2.75) is 304 Å². The number of amides is 5. The second-order valence-corrected chi connectivity index (χ2v) is 28.6. The van der Waals surface area contributed by atoms with Crippen molar-refractivity contribution in [1.82, 2.24) is 26.6 Å². The van der Waals surface area contributed by atoms with Gasteiger partial charge in [-0.2, -0.15) is 0 Å². The smallest absolute Gasteiger partial charge is 0.295 e. The molecule has 0 saturated carbocycles. The molecule has 54 heteroatoms. The van der Waals surface area contributed by atoms with Gasteiger partial charge in [0, 0.05) is 66.1 Å². The van der Waals surface area contributed by atoms with Crippen LogP contribution in [0.25, 0.3) is 0 Å². The zero-order valence-electron chi connectivity index (χ0n) is 66.7. The molecule has 8 saturated heterocycles. The molecule has 0 bridgehead atoms. The Morgan fingerprint density at radius 2 is 0.602 bits per heavy atom. The van der Waals surface area contributed by atoms with Gasteiger partial charge in [0.25, 0.3) is 31.8 Å². The Balaban J connectivity index is 0.000000526. The van der Waals surface area contributed by atoms with Crippen molar-refractivity contribution in [2.75, 3.05) is 67.0 Å². The van der Waals surface area contributed by atoms with Crippen LogP contribution in [0.2, 0.25) is 0 Å². The minimum atomic E-state index is -2.16. The summed E-state index contributed by atoms with van der Waals surface area (Å²) in [5.74, 6) is -3.43. The largest absolute Gasteiger partial charge is 0.435 e. The molecule has 8 aliphatic rings. The molecule has 128 heavy (non-hydrogen) atoms. The number of aliphatic hydroxyl groups excluding tert-OH is 16. The van der Waals surface area contributed by atoms with Crippen molar-refractivity contribution in [3.8, 4) is 0 Å². The van der Waals surface area contributed by atoms with Crippen LogP contribution in [0.15, 0.2) is 24.3 Å². The number of nitrogens with one attached hydrogen (secondary N) is 5. The fourth-order valence-corrected chi connectivity index (χ4v) is 14.4. The summed E-state index contributed by atoms with van der Waals surface area (Å²) in [5.41, 5.74) is 5.99. The second kappa shape index (κ2) is 53.4. The average molecular weight is 1860 g/mol. The van der Waals surface area contributed by atoms with Crippen molar-refractivity contribution >= 4 is 61.7 Å². The maximum absolute atomic E-state index is 12.5. The highest BCUT2D eigenvalue weighted by molar-refractivity contribution is 5.94. The predicted octanol–water partition coefficient (Wildman–Crippen LogP) is -13.3. The van der Waals surface area contributed by atoms with Crippen LogP contribution in [-0.2, 0) is 143 Å². The third kappa shape index (κ3) is 27.7. The standard InChI is InChI=1S/C39H55N3O25.C31H51N3O23.4CH4/c1-15(48)41-21-23(50)29(57-3)19(11-44)61-34(21)65-32-26(53)28(55)37(67-39(32)60-14-47)63-30-20(12-45)62-35(22(24(30)51)42-16(2)49)64-31-25(52)27(54)36(66-38(31)59-13-46)58-9-8-40-33(56)18-6-4-17(10-43)5-7-18;1-10(39)33-14-16(41)22(47-3)12(6-35)51-26(14)55-25-19(44)21(46)29(57-31(25)50-9-38)53-23-13(7-36)52-27(15(17(23)42)34-11(2)40)54-24-18(43)20(45)28(48-5-4-32)56-30(24)49-8-37;;;;/h4-7,10,13-14,19-32,34-39,44-45,50-55H,8-9,11-12H2,1-3H3,(H,40,56)(H,41,48)(H,42,49);8-9,12-31,35-36,41-46H,4-7,32H2,1-3H3,(H,33,39)(H,34,40);4*1H4/t19?,20?,21-,22-,23?,24?,25?,26?,27-,28-,29+,30+,31-,32-,34+,35+,36+,37+,38?,39?;12?,13?,14-,15-,16?,17?,18?,19?,20-,21-,22+,23+,24-,25-,26+,27+,28+,29+,30?,31?;;;;/m00..../s1. The van der Waals surface area contributed by atoms with E-state index in [9.17, 15) is 130 Å². The fraction of sp³-hybridized carbons (Fsp3) is 0.784. The summed E-state index contributed by atoms with van der Waals surface area (Å²) in [5, 5.41) is 186. The third-order valence-corrected chi connectivity index (χ3v) is 20.3. The van der Waals surface area contributed by atoms with Gasteiger partial charge in [0.2, 0.25) is 48.8 Å². The first-order valence-corrected chi connectivity index (χ1v) is 38.2. The minimum absolute atomic E-state index is 0. The first-order valence-electron chi connectivity index (χ1n) is 38.2. The van der Waals surface area contributed by atoms with Gasteiger partial charge in [-0.25, -0.2) is 0 Å². The molecule has 1 aromatic carbocycles. The lowest BCUT2D eigenvalue weighted by Crippen LogP contribution is -2.70. The van der Waals surface area contributed by atoms with Crippen LogP contribution >= 0.6 is 0 Å². The number of nitrogens with two attached hydrogens (primary N) is 1. The Labute approximate surface area is 731 Å². The van der Waals surface area contributed by atoms with E-state index < -0.39 is 302 Å². The molecule has 0 aromatic heterocycles. The maximum atomic E-state index is 12.5. The lowest BCUT2D eigenvalue weighted by atomic mass is 9.95. The molecule has 736 valence electrons. The summed E-state index contributed by atoms with van der Waals surface area (Å²) in [6, 6.07) is -0.468. The first kappa shape index (κ1) is 113. The van der Waals surface area contributed by atoms with E-state index in [0.29, 0.717) is 11.8 Å². The summed E-state index contributed by atoms with van der Waals surface area (Å²) >= 11 is 0. The number of benzene rings is 1. The fourth-order valence-electron chi connectivity index (χ4n) is 14.4. The Hall–Kier alpha value is -7.28. The van der Waals surface area contributed by atoms with Crippen LogP contribution in [0.5, 0.6) is 0 Å². The first-order chi connectivity index (χ1) is 59.2. The van der Waals surface area contributed by atoms with Crippen molar-refractivity contribution in [3.05, 3.63) is 35.4 Å². The third-order valence-electron chi connectivity index (χ3n) is 20.3. The zero-order valence-corrected chi connectivity index (χ0v) is 66.7. The number of hydrogen-bond donors (Lipinski definition) is 22. The van der Waals surface area contributed by atoms with Crippen molar-refractivity contribution in [2.24, 2.45) is 5.73 Å². The number of ether oxygens (including phenoxy) is 22. The molecule has 0 aliphatic carbocycles. The summed E-state index contributed by atoms with van der Waals surface area (Å²) in [6.45, 7) is -0.0133. The number of rotatable bonds is 39. The van der Waals surface area contributed by atoms with Crippen molar-refractivity contribution < 1.29 is 234 Å². The average Bonchev–Trinajstić information content (AvgIpc) is 0.773. The van der Waals surface area contributed by atoms with Crippen LogP contribution in [0, 0.1) is 0 Å². The molecule has 8 aliphatic heterocycles. The highest BCUT2D eigenvalue weighted by Crippen LogP contribution is 2.39. The number of aldehydes is 1. The number of hydrogen-bond acceptors (Lipinski definition) is 49. The molecule has 5 amide bonds. The zero-order chi connectivity index (χ0) is 91.2. The number of carbonyl (C=O) groups excluding carboxylic acids is 10. The second-order valence-electron chi connectivity index (χ2n) is 28.6. The van der Waals surface area contributed by atoms with Crippen LogP contribution < -0.4 is 32.3 Å². The van der Waals surface area contributed by atoms with Gasteiger partial charge < -0.3 is 218 Å². The summed E-state index contributed by atoms with van der Waals surface area (Å²) < 4.78 is 121. The molecule has 23 N–H and O–H groups in total. The predicted molar refractivity (Wildman–Crippen MR) is 412 cm³/mol. The SMILES string of the molecule is C.C.C.C.CO[C@@H]1C(CO)O[C@H](O[C@@H]2C(OC=O)O[C@@H](O[C@@H]3C(CO)O[C@H](O[C@@H]4C(OC=O)O[C@@H](OCCN)[C@@H](O)C4O)[C@@H](NC(C)=O)C3O)[C@@H](O)C2O)[C@@H](NC(C)=O)C1O.CO[C@@H]1C(CO)O[C@H](O[C@@H]2C(OC=O)O[C@@H](O[C@@H]3C(CO)O[C@H](O[C@@H]4C(OC=O)O[C@@H](OCCNC(=O)c5ccc(C=O)cc5)[C@@H](O)C4O)[C@@H](NC(C)=O)C3O)[C@@H](O)C2O)[C@@H](NC(C)=O)C1O. The Morgan fingerprint density at radius 3 is 0.859 bits per heavy atom. The summed E-state index contributed by atoms with van der Waals surface area (Å²) in [6.07, 6.45) is -63.6. The van der Waals surface area contributed by atoms with Gasteiger partial charge >= 0.3 is 0 Å². The molecule has 54 nitrogen and oxygen atoms in total. The molecule has 9 rings (SSSR count). The van der Waals surface area contributed by atoms with E-state index in [-0.39, 0.29) is 87.5 Å². The summed E-state index contributed by atoms with van der Waals surface area (Å²) in [7, 11) is 2.42. The molecule has 8 heterocycles. The number of carbonyl (C=O) groups is 10. The van der Waals surface area contributed by atoms with E-state index in [0.717, 1.165) is 27.7 Å². The number of methoxy groups -OCH3 is 2. The van der Waals surface area contributed by atoms with Gasteiger partial charge in [-0.1, -0.05) is 41.8 Å². The summed E-state index contributed by atoms with van der Waals surface area (Å²) in [4.78, 5) is 118. The van der Waals surface area contributed by atoms with E-state index in [1.807, 2.05) is 0 Å². The monoisotopic (exact) mass is 1860 g/mol. The van der Waals surface area contributed by atoms with Gasteiger partial charge in [0.1, 0.15) is 153 Å². The Morgan fingerprint density at radius 1 is 0.344 bits per heavy atom. The molecule has 40 atom stereocenters. The molecule has 0 spiro atoms. The molecular weight excluding hydrogens is 1740 g/mol. The van der Waals surface area contributed by atoms with E-state index in [1.165, 1.54) is 38.5 Å². The van der Waals surface area contributed by atoms with Gasteiger partial charge in [-0.3, -0.25) is 47.9 Å². The van der Waals surface area contributed by atoms with E-state index in [4.69, 9.17) is 110 Å². The van der Waals surface area contributed by atoms with Gasteiger partial charge in [-0.15, -0.1) is 0 Å². The molecule has 16 unspecified atom stereocenters. The Bertz CT molecular complexity index is 3550. The topological polar surface area (TPSA) is 784 Å². The van der Waals surface area contributed by atoms with E-state index in [1.54, 1.807) is 0 Å². The van der Waals surface area contributed by atoms with E-state index >= 15 is 0 Å². The Kier molecular flexibility index (Phi) is 47.2. The quantitative estimate of drug-likeness (QED) is 0.0165. The lowest BCUT2D eigenvalue weighted by Gasteiger charge is -2.49. The van der Waals surface area contributed by atoms with Gasteiger partial charge in [-0.05, 0) is 12.1 Å². The molecular formula is C74H122N6O48. The van der Waals surface area contributed by atoms with Crippen LogP contribution in [0.4, 0.5) is 0 Å². The number of aliphatic hydroxyl groups is 16. The van der Waals surface area contributed by atoms with Crippen LogP contribution in [0.3, 0.4) is 0 Å². The lowest BCUT2D eigenvalue weighted by molar-refractivity contribution is -0.398. The van der Waals surface area contributed by atoms with Crippen LogP contribution in [-0.4, -0.2) is 457 Å². The van der Waals surface area contributed by atoms with Crippen LogP contribution in [0.1, 0.15) is 78.1 Å². The highest BCUT2D eigenvalue weighted by Gasteiger charge is 2.61. The molecule has 1 aromatic rings. The van der Waals surface area contributed by atoms with Gasteiger partial charge in [0.05, 0.1) is 39.6 Å². The van der Waals surface area contributed by atoms with Crippen molar-refractivity contribution in [3.63, 3.8) is 0 Å². The highest BCUT2D eigenvalue weighted by atomic mass is 16.8. The molecule has 8 fully saturated rings. The molecule has 0 radical (unpaired) electrons.